The molecule has 1 rings (SSSR count). The van der Waals surface area contributed by atoms with Crippen molar-refractivity contribution in [1.82, 2.24) is 10.3 Å². The average Bonchev–Trinajstić information content (AvgIpc) is 2.42. The van der Waals surface area contributed by atoms with E-state index in [1.165, 1.54) is 0 Å². The van der Waals surface area contributed by atoms with Crippen LogP contribution in [0, 0.1) is 0 Å². The smallest absolute Gasteiger partial charge is 0.407 e. The highest BCUT2D eigenvalue weighted by atomic mass is 16.6. The normalized spacial score (nSPS) is 10.9. The van der Waals surface area contributed by atoms with Crippen molar-refractivity contribution in [2.24, 2.45) is 0 Å². The summed E-state index contributed by atoms with van der Waals surface area (Å²) in [6, 6.07) is 3.55. The highest BCUT2D eigenvalue weighted by Crippen LogP contribution is 2.09. The number of anilines is 1. The second kappa shape index (κ2) is 8.36. The zero-order valence-electron chi connectivity index (χ0n) is 13.7. The first kappa shape index (κ1) is 17.9. The molecule has 0 aliphatic carbocycles. The number of ketones is 1. The molecule has 1 aromatic rings. The molecule has 0 fully saturated rings. The van der Waals surface area contributed by atoms with E-state index in [2.05, 4.69) is 15.6 Å². The van der Waals surface area contributed by atoms with E-state index >= 15 is 0 Å². The first-order valence-corrected chi connectivity index (χ1v) is 7.52. The number of nitrogens with one attached hydrogen (secondary N) is 2. The number of alkyl carbamates (subject to hydrolysis) is 1. The highest BCUT2D eigenvalue weighted by molar-refractivity contribution is 5.95. The van der Waals surface area contributed by atoms with Crippen LogP contribution in [0.3, 0.4) is 0 Å². The van der Waals surface area contributed by atoms with Crippen molar-refractivity contribution in [3.8, 4) is 0 Å². The molecule has 1 aromatic heterocycles. The minimum Gasteiger partial charge on any atom is -0.444 e. The number of aromatic nitrogens is 1. The Morgan fingerprint density at radius 2 is 2.00 bits per heavy atom. The van der Waals surface area contributed by atoms with E-state index in [1.807, 2.05) is 6.92 Å². The van der Waals surface area contributed by atoms with Gasteiger partial charge in [0.25, 0.3) is 0 Å². The SMILES string of the molecule is CCNc1ccc(C(=O)CCCNC(=O)OC(C)(C)C)cn1. The van der Waals surface area contributed by atoms with Crippen molar-refractivity contribution in [2.75, 3.05) is 18.4 Å². The quantitative estimate of drug-likeness (QED) is 0.598. The fourth-order valence-electron chi connectivity index (χ4n) is 1.74. The largest absolute Gasteiger partial charge is 0.444 e. The number of ether oxygens (including phenoxy) is 1. The zero-order chi connectivity index (χ0) is 16.6. The average molecular weight is 307 g/mol. The Labute approximate surface area is 131 Å². The Hall–Kier alpha value is -2.11. The van der Waals surface area contributed by atoms with Crippen molar-refractivity contribution < 1.29 is 14.3 Å². The van der Waals surface area contributed by atoms with Crippen LogP contribution < -0.4 is 10.6 Å². The highest BCUT2D eigenvalue weighted by Gasteiger charge is 2.15. The molecule has 122 valence electrons. The number of hydrogen-bond donors (Lipinski definition) is 2. The topological polar surface area (TPSA) is 80.3 Å². The molecule has 0 spiro atoms. The number of amides is 1. The van der Waals surface area contributed by atoms with Crippen molar-refractivity contribution in [3.63, 3.8) is 0 Å². The predicted octanol–water partition coefficient (Wildman–Crippen LogP) is 3.00. The van der Waals surface area contributed by atoms with Gasteiger partial charge in [-0.25, -0.2) is 9.78 Å². The van der Waals surface area contributed by atoms with Gasteiger partial charge in [-0.05, 0) is 46.2 Å². The molecule has 0 radical (unpaired) electrons. The monoisotopic (exact) mass is 307 g/mol. The van der Waals surface area contributed by atoms with E-state index in [-0.39, 0.29) is 5.78 Å². The number of Topliss-reactive ketones (excluding diaryl/α,β-unsaturated/α-hetero) is 1. The summed E-state index contributed by atoms with van der Waals surface area (Å²) in [5.74, 6) is 0.771. The van der Waals surface area contributed by atoms with Crippen LogP contribution in [-0.4, -0.2) is 35.6 Å². The molecule has 6 nitrogen and oxygen atoms in total. The predicted molar refractivity (Wildman–Crippen MR) is 86.2 cm³/mol. The van der Waals surface area contributed by atoms with Gasteiger partial charge in [0.05, 0.1) is 0 Å². The molecule has 0 saturated heterocycles. The van der Waals surface area contributed by atoms with Gasteiger partial charge in [-0.3, -0.25) is 4.79 Å². The van der Waals surface area contributed by atoms with Crippen LogP contribution in [0.4, 0.5) is 10.6 Å². The minimum atomic E-state index is -0.514. The summed E-state index contributed by atoms with van der Waals surface area (Å²) >= 11 is 0. The van der Waals surface area contributed by atoms with E-state index in [9.17, 15) is 9.59 Å². The first-order chi connectivity index (χ1) is 10.3. The molecule has 0 saturated carbocycles. The molecule has 2 N–H and O–H groups in total. The molecule has 0 bridgehead atoms. The Bertz CT molecular complexity index is 492. The van der Waals surface area contributed by atoms with Gasteiger partial charge < -0.3 is 15.4 Å². The van der Waals surface area contributed by atoms with Gasteiger partial charge >= 0.3 is 6.09 Å². The second-order valence-corrected chi connectivity index (χ2v) is 5.92. The van der Waals surface area contributed by atoms with Gasteiger partial charge in [0.2, 0.25) is 0 Å². The van der Waals surface area contributed by atoms with Gasteiger partial charge in [-0.15, -0.1) is 0 Å². The number of carbonyl (C=O) groups excluding carboxylic acids is 2. The molecule has 1 heterocycles. The van der Waals surface area contributed by atoms with Crippen LogP contribution in [0.25, 0.3) is 0 Å². The second-order valence-electron chi connectivity index (χ2n) is 5.92. The number of rotatable bonds is 7. The lowest BCUT2D eigenvalue weighted by Crippen LogP contribution is -2.33. The summed E-state index contributed by atoms with van der Waals surface area (Å²) in [5.41, 5.74) is 0.0683. The Balaban J connectivity index is 2.30. The van der Waals surface area contributed by atoms with Crippen molar-refractivity contribution in [3.05, 3.63) is 23.9 Å². The van der Waals surface area contributed by atoms with E-state index in [0.717, 1.165) is 12.4 Å². The Kier molecular flexibility index (Phi) is 6.82. The molecule has 0 atom stereocenters. The zero-order valence-corrected chi connectivity index (χ0v) is 13.7. The van der Waals surface area contributed by atoms with E-state index < -0.39 is 11.7 Å². The fourth-order valence-corrected chi connectivity index (χ4v) is 1.74. The maximum atomic E-state index is 12.0. The lowest BCUT2D eigenvalue weighted by molar-refractivity contribution is 0.0525. The van der Waals surface area contributed by atoms with E-state index in [1.54, 1.807) is 39.1 Å². The van der Waals surface area contributed by atoms with Crippen LogP contribution in [0.1, 0.15) is 50.9 Å². The van der Waals surface area contributed by atoms with Crippen molar-refractivity contribution >= 4 is 17.7 Å². The molecule has 22 heavy (non-hydrogen) atoms. The van der Waals surface area contributed by atoms with E-state index in [0.29, 0.717) is 24.9 Å². The number of carbonyl (C=O) groups is 2. The third-order valence-corrected chi connectivity index (χ3v) is 2.69. The standard InChI is InChI=1S/C16H25N3O3/c1-5-17-14-9-8-12(11-19-14)13(20)7-6-10-18-15(21)22-16(2,3)4/h8-9,11H,5-7,10H2,1-4H3,(H,17,19)(H,18,21). The summed E-state index contributed by atoms with van der Waals surface area (Å²) in [6.07, 6.45) is 2.03. The molecule has 6 heteroatoms. The van der Waals surface area contributed by atoms with Gasteiger partial charge in [0, 0.05) is 31.3 Å². The third kappa shape index (κ3) is 7.06. The lowest BCUT2D eigenvalue weighted by atomic mass is 10.1. The van der Waals surface area contributed by atoms with Gasteiger partial charge in [0.1, 0.15) is 11.4 Å². The molecule has 1 amide bonds. The number of nitrogens with zero attached hydrogens (tertiary/aromatic N) is 1. The summed E-state index contributed by atoms with van der Waals surface area (Å²) in [4.78, 5) is 27.6. The Morgan fingerprint density at radius 3 is 2.55 bits per heavy atom. The number of pyridine rings is 1. The summed E-state index contributed by atoms with van der Waals surface area (Å²) in [7, 11) is 0. The molecule has 0 aliphatic rings. The maximum absolute atomic E-state index is 12.0. The molecule has 0 aromatic carbocycles. The molecule has 0 unspecified atom stereocenters. The van der Waals surface area contributed by atoms with E-state index in [4.69, 9.17) is 4.74 Å². The minimum absolute atomic E-state index is 0.0153. The summed E-state index contributed by atoms with van der Waals surface area (Å²) in [6.45, 7) is 8.60. The lowest BCUT2D eigenvalue weighted by Gasteiger charge is -2.19. The Morgan fingerprint density at radius 1 is 1.27 bits per heavy atom. The van der Waals surface area contributed by atoms with Gasteiger partial charge in [-0.2, -0.15) is 0 Å². The van der Waals surface area contributed by atoms with Crippen LogP contribution in [0.5, 0.6) is 0 Å². The maximum Gasteiger partial charge on any atom is 0.407 e. The van der Waals surface area contributed by atoms with Crippen LogP contribution >= 0.6 is 0 Å². The van der Waals surface area contributed by atoms with Gasteiger partial charge in [-0.1, -0.05) is 0 Å². The van der Waals surface area contributed by atoms with Crippen molar-refractivity contribution in [2.45, 2.75) is 46.1 Å². The fraction of sp³-hybridized carbons (Fsp3) is 0.562. The van der Waals surface area contributed by atoms with Crippen molar-refractivity contribution in [1.29, 1.82) is 0 Å². The third-order valence-electron chi connectivity index (χ3n) is 2.69. The van der Waals surface area contributed by atoms with Crippen LogP contribution in [0.2, 0.25) is 0 Å². The molecular weight excluding hydrogens is 282 g/mol. The number of hydrogen-bond acceptors (Lipinski definition) is 5. The van der Waals surface area contributed by atoms with Gasteiger partial charge in [0.15, 0.2) is 5.78 Å². The van der Waals surface area contributed by atoms with Crippen LogP contribution in [-0.2, 0) is 4.74 Å². The summed E-state index contributed by atoms with van der Waals surface area (Å²) < 4.78 is 5.11. The molecular formula is C16H25N3O3. The molecule has 0 aliphatic heterocycles. The van der Waals surface area contributed by atoms with Crippen LogP contribution in [0.15, 0.2) is 18.3 Å². The first-order valence-electron chi connectivity index (χ1n) is 7.52. The summed E-state index contributed by atoms with van der Waals surface area (Å²) in [5, 5.41) is 5.71.